The second kappa shape index (κ2) is 10.7. The summed E-state index contributed by atoms with van der Waals surface area (Å²) in [5.41, 5.74) is 2.03. The number of benzene rings is 3. The molecule has 0 saturated carbocycles. The summed E-state index contributed by atoms with van der Waals surface area (Å²) < 4.78 is 38.4. The summed E-state index contributed by atoms with van der Waals surface area (Å²) in [6.45, 7) is 3.47. The van der Waals surface area contributed by atoms with Gasteiger partial charge >= 0.3 is 6.18 Å². The zero-order valence-corrected chi connectivity index (χ0v) is 19.1. The van der Waals surface area contributed by atoms with Crippen molar-refractivity contribution in [2.75, 3.05) is 32.7 Å². The van der Waals surface area contributed by atoms with Crippen LogP contribution in [0.4, 0.5) is 13.2 Å². The number of rotatable bonds is 6. The van der Waals surface area contributed by atoms with E-state index in [1.165, 1.54) is 17.7 Å². The first-order chi connectivity index (χ1) is 16.8. The van der Waals surface area contributed by atoms with Crippen molar-refractivity contribution >= 4 is 11.8 Å². The highest BCUT2D eigenvalue weighted by Gasteiger charge is 2.30. The topological polar surface area (TPSA) is 52.7 Å². The first-order valence-electron chi connectivity index (χ1n) is 11.4. The van der Waals surface area contributed by atoms with Gasteiger partial charge in [0, 0.05) is 38.3 Å². The normalized spacial score (nSPS) is 14.5. The Labute approximate surface area is 202 Å². The molecule has 0 aromatic heterocycles. The Morgan fingerprint density at radius 3 is 2.14 bits per heavy atom. The molecule has 3 aromatic rings. The van der Waals surface area contributed by atoms with Crippen LogP contribution in [0.25, 0.3) is 11.1 Å². The molecule has 2 amide bonds. The maximum atomic E-state index is 12.8. The number of carbonyl (C=O) groups is 2. The average Bonchev–Trinajstić information content (AvgIpc) is 2.88. The average molecular weight is 482 g/mol. The molecule has 8 heteroatoms. The van der Waals surface area contributed by atoms with E-state index >= 15 is 0 Å². The quantitative estimate of drug-likeness (QED) is 0.566. The van der Waals surface area contributed by atoms with Crippen molar-refractivity contribution in [1.82, 2.24) is 15.1 Å². The van der Waals surface area contributed by atoms with Crippen LogP contribution < -0.4 is 5.32 Å². The lowest BCUT2D eigenvalue weighted by Crippen LogP contribution is -2.50. The van der Waals surface area contributed by atoms with Crippen LogP contribution in [0.1, 0.15) is 21.5 Å². The fraction of sp³-hybridized carbons (Fsp3) is 0.259. The van der Waals surface area contributed by atoms with Crippen molar-refractivity contribution in [3.8, 4) is 11.1 Å². The Kier molecular flexibility index (Phi) is 7.51. The van der Waals surface area contributed by atoms with Crippen molar-refractivity contribution in [3.63, 3.8) is 0 Å². The molecule has 35 heavy (non-hydrogen) atoms. The molecule has 182 valence electrons. The fourth-order valence-corrected chi connectivity index (χ4v) is 4.06. The standard InChI is InChI=1S/C27H26F3N3O2/c28-27(29,30)24-11-9-21(10-12-24)22-7-4-8-23(17-22)26(35)31-18-25(34)33-15-13-32(14-16-33)19-20-5-2-1-3-6-20/h1-12,17H,13-16,18-19H2,(H,31,35). The van der Waals surface area contributed by atoms with E-state index in [0.717, 1.165) is 31.8 Å². The van der Waals surface area contributed by atoms with Gasteiger partial charge in [0.2, 0.25) is 5.91 Å². The molecule has 1 aliphatic heterocycles. The van der Waals surface area contributed by atoms with E-state index in [-0.39, 0.29) is 12.5 Å². The minimum absolute atomic E-state index is 0.109. The van der Waals surface area contributed by atoms with Gasteiger partial charge in [-0.15, -0.1) is 0 Å². The Hall–Kier alpha value is -3.65. The van der Waals surface area contributed by atoms with Gasteiger partial charge in [0.25, 0.3) is 5.91 Å². The summed E-state index contributed by atoms with van der Waals surface area (Å²) in [6, 6.07) is 21.5. The number of halogens is 3. The lowest BCUT2D eigenvalue weighted by Gasteiger charge is -2.34. The summed E-state index contributed by atoms with van der Waals surface area (Å²) in [5, 5.41) is 2.66. The van der Waals surface area contributed by atoms with Crippen LogP contribution in [0.5, 0.6) is 0 Å². The number of piperazine rings is 1. The zero-order valence-electron chi connectivity index (χ0n) is 19.1. The van der Waals surface area contributed by atoms with Crippen molar-refractivity contribution in [3.05, 3.63) is 95.6 Å². The third-order valence-electron chi connectivity index (χ3n) is 6.04. The van der Waals surface area contributed by atoms with Crippen LogP contribution in [0.15, 0.2) is 78.9 Å². The molecule has 1 fully saturated rings. The van der Waals surface area contributed by atoms with Gasteiger partial charge in [0.15, 0.2) is 0 Å². The van der Waals surface area contributed by atoms with E-state index in [1.54, 1.807) is 29.2 Å². The second-order valence-corrected chi connectivity index (χ2v) is 8.48. The number of hydrogen-bond acceptors (Lipinski definition) is 3. The highest BCUT2D eigenvalue weighted by molar-refractivity contribution is 5.97. The number of amides is 2. The Morgan fingerprint density at radius 2 is 1.49 bits per heavy atom. The van der Waals surface area contributed by atoms with E-state index in [9.17, 15) is 22.8 Å². The predicted octanol–water partition coefficient (Wildman–Crippen LogP) is 4.45. The SMILES string of the molecule is O=C(NCC(=O)N1CCN(Cc2ccccc2)CC1)c1cccc(-c2ccc(C(F)(F)F)cc2)c1. The van der Waals surface area contributed by atoms with Crippen LogP contribution in [0.3, 0.4) is 0 Å². The minimum atomic E-state index is -4.40. The molecule has 0 spiro atoms. The van der Waals surface area contributed by atoms with E-state index in [0.29, 0.717) is 29.8 Å². The summed E-state index contributed by atoms with van der Waals surface area (Å²) in [4.78, 5) is 29.3. The van der Waals surface area contributed by atoms with Crippen LogP contribution in [0, 0.1) is 0 Å². The highest BCUT2D eigenvalue weighted by atomic mass is 19.4. The molecule has 0 aliphatic carbocycles. The molecule has 5 nitrogen and oxygen atoms in total. The number of nitrogens with zero attached hydrogens (tertiary/aromatic N) is 2. The summed E-state index contributed by atoms with van der Waals surface area (Å²) >= 11 is 0. The molecule has 4 rings (SSSR count). The molecule has 0 bridgehead atoms. The summed E-state index contributed by atoms with van der Waals surface area (Å²) in [5.74, 6) is -0.550. The Bertz CT molecular complexity index is 1160. The van der Waals surface area contributed by atoms with Crippen LogP contribution >= 0.6 is 0 Å². The van der Waals surface area contributed by atoms with Gasteiger partial charge in [-0.1, -0.05) is 54.6 Å². The van der Waals surface area contributed by atoms with Gasteiger partial charge in [-0.25, -0.2) is 0 Å². The molecular formula is C27H26F3N3O2. The maximum absolute atomic E-state index is 12.8. The first-order valence-corrected chi connectivity index (χ1v) is 11.4. The van der Waals surface area contributed by atoms with Crippen LogP contribution in [-0.4, -0.2) is 54.3 Å². The second-order valence-electron chi connectivity index (χ2n) is 8.48. The molecule has 1 saturated heterocycles. The van der Waals surface area contributed by atoms with Crippen molar-refractivity contribution < 1.29 is 22.8 Å². The number of hydrogen-bond donors (Lipinski definition) is 1. The van der Waals surface area contributed by atoms with Crippen molar-refractivity contribution in [2.24, 2.45) is 0 Å². The summed E-state index contributed by atoms with van der Waals surface area (Å²) in [6.07, 6.45) is -4.40. The third-order valence-corrected chi connectivity index (χ3v) is 6.04. The molecule has 1 N–H and O–H groups in total. The minimum Gasteiger partial charge on any atom is -0.343 e. The lowest BCUT2D eigenvalue weighted by atomic mass is 10.0. The van der Waals surface area contributed by atoms with Gasteiger partial charge in [-0.05, 0) is 41.0 Å². The molecule has 0 atom stereocenters. The third kappa shape index (κ3) is 6.48. The van der Waals surface area contributed by atoms with Gasteiger partial charge in [0.1, 0.15) is 0 Å². The van der Waals surface area contributed by atoms with Gasteiger partial charge < -0.3 is 10.2 Å². The van der Waals surface area contributed by atoms with Gasteiger partial charge in [-0.3, -0.25) is 14.5 Å². The van der Waals surface area contributed by atoms with E-state index < -0.39 is 17.6 Å². The van der Waals surface area contributed by atoms with Gasteiger partial charge in [0.05, 0.1) is 12.1 Å². The summed E-state index contributed by atoms with van der Waals surface area (Å²) in [7, 11) is 0. The lowest BCUT2D eigenvalue weighted by molar-refractivity contribution is -0.137. The van der Waals surface area contributed by atoms with E-state index in [2.05, 4.69) is 22.3 Å². The first kappa shape index (κ1) is 24.5. The predicted molar refractivity (Wildman–Crippen MR) is 128 cm³/mol. The Balaban J connectivity index is 1.28. The molecule has 3 aromatic carbocycles. The van der Waals surface area contributed by atoms with Gasteiger partial charge in [-0.2, -0.15) is 13.2 Å². The molecular weight excluding hydrogens is 455 g/mol. The van der Waals surface area contributed by atoms with E-state index in [1.807, 2.05) is 18.2 Å². The van der Waals surface area contributed by atoms with Crippen molar-refractivity contribution in [2.45, 2.75) is 12.7 Å². The zero-order chi connectivity index (χ0) is 24.8. The largest absolute Gasteiger partial charge is 0.416 e. The highest BCUT2D eigenvalue weighted by Crippen LogP contribution is 2.31. The number of alkyl halides is 3. The molecule has 0 radical (unpaired) electrons. The number of carbonyl (C=O) groups excluding carboxylic acids is 2. The number of nitrogens with one attached hydrogen (secondary N) is 1. The van der Waals surface area contributed by atoms with E-state index in [4.69, 9.17) is 0 Å². The molecule has 1 heterocycles. The maximum Gasteiger partial charge on any atom is 0.416 e. The molecule has 0 unspecified atom stereocenters. The fourth-order valence-electron chi connectivity index (χ4n) is 4.06. The molecule has 1 aliphatic rings. The van der Waals surface area contributed by atoms with Crippen molar-refractivity contribution in [1.29, 1.82) is 0 Å². The van der Waals surface area contributed by atoms with Crippen LogP contribution in [0.2, 0.25) is 0 Å². The van der Waals surface area contributed by atoms with Crippen LogP contribution in [-0.2, 0) is 17.5 Å². The monoisotopic (exact) mass is 481 g/mol. The Morgan fingerprint density at radius 1 is 0.800 bits per heavy atom. The smallest absolute Gasteiger partial charge is 0.343 e.